The third-order valence-electron chi connectivity index (χ3n) is 6.19. The molecule has 182 valence electrons. The second-order valence-corrected chi connectivity index (χ2v) is 9.31. The first-order valence-electron chi connectivity index (χ1n) is 11.9. The van der Waals surface area contributed by atoms with Gasteiger partial charge in [-0.05, 0) is 49.4 Å². The van der Waals surface area contributed by atoms with Crippen molar-refractivity contribution in [3.63, 3.8) is 0 Å². The number of benzene rings is 2. The number of fused-ring (bicyclic) bond motifs is 1. The van der Waals surface area contributed by atoms with Gasteiger partial charge in [-0.1, -0.05) is 41.4 Å². The third kappa shape index (κ3) is 5.81. The Morgan fingerprint density at radius 3 is 2.57 bits per heavy atom. The Morgan fingerprint density at radius 1 is 0.886 bits per heavy atom. The van der Waals surface area contributed by atoms with Crippen LogP contribution in [0.1, 0.15) is 12.2 Å². The SMILES string of the molecule is Clc1cccc(N2CCN(CCCNc3nc(NCc4ccco4)c4ccccc4n3)CC2)c1Cl. The summed E-state index contributed by atoms with van der Waals surface area (Å²) >= 11 is 12.6. The van der Waals surface area contributed by atoms with E-state index in [1.165, 1.54) is 0 Å². The maximum Gasteiger partial charge on any atom is 0.225 e. The number of nitrogens with one attached hydrogen (secondary N) is 2. The molecule has 0 unspecified atom stereocenters. The van der Waals surface area contributed by atoms with Crippen LogP contribution in [0.15, 0.2) is 65.3 Å². The molecule has 1 aliphatic heterocycles. The van der Waals surface area contributed by atoms with E-state index in [1.54, 1.807) is 6.26 Å². The molecule has 0 aliphatic carbocycles. The molecule has 1 fully saturated rings. The van der Waals surface area contributed by atoms with E-state index in [0.717, 1.165) is 73.9 Å². The van der Waals surface area contributed by atoms with E-state index < -0.39 is 0 Å². The highest BCUT2D eigenvalue weighted by Gasteiger charge is 2.19. The number of nitrogens with zero attached hydrogens (tertiary/aromatic N) is 4. The normalized spacial score (nSPS) is 14.4. The molecule has 0 bridgehead atoms. The lowest BCUT2D eigenvalue weighted by atomic mass is 10.2. The van der Waals surface area contributed by atoms with Gasteiger partial charge in [0.25, 0.3) is 0 Å². The Morgan fingerprint density at radius 2 is 1.74 bits per heavy atom. The van der Waals surface area contributed by atoms with Crippen molar-refractivity contribution in [1.82, 2.24) is 14.9 Å². The van der Waals surface area contributed by atoms with Crippen molar-refractivity contribution in [1.29, 1.82) is 0 Å². The van der Waals surface area contributed by atoms with Crippen molar-refractivity contribution in [2.75, 3.05) is 54.8 Å². The lowest BCUT2D eigenvalue weighted by Gasteiger charge is -2.36. The Bertz CT molecular complexity index is 1260. The van der Waals surface area contributed by atoms with Crippen LogP contribution in [-0.2, 0) is 6.54 Å². The summed E-state index contributed by atoms with van der Waals surface area (Å²) in [6, 6.07) is 17.7. The minimum atomic E-state index is 0.569. The van der Waals surface area contributed by atoms with Gasteiger partial charge in [0, 0.05) is 38.1 Å². The van der Waals surface area contributed by atoms with Crippen molar-refractivity contribution in [3.05, 3.63) is 76.7 Å². The molecular weight excluding hydrogens is 483 g/mol. The van der Waals surface area contributed by atoms with E-state index in [1.807, 2.05) is 54.6 Å². The summed E-state index contributed by atoms with van der Waals surface area (Å²) in [4.78, 5) is 14.2. The second kappa shape index (κ2) is 11.2. The summed E-state index contributed by atoms with van der Waals surface area (Å²) in [5.74, 6) is 2.29. The van der Waals surface area contributed by atoms with Gasteiger partial charge in [0.1, 0.15) is 11.6 Å². The molecule has 2 aromatic carbocycles. The van der Waals surface area contributed by atoms with Crippen molar-refractivity contribution in [2.45, 2.75) is 13.0 Å². The zero-order valence-corrected chi connectivity index (χ0v) is 20.9. The monoisotopic (exact) mass is 510 g/mol. The van der Waals surface area contributed by atoms with Crippen molar-refractivity contribution < 1.29 is 4.42 Å². The molecule has 0 spiro atoms. The standard InChI is InChI=1S/C26H28Cl2N6O/c27-21-8-3-10-23(24(21)28)34-15-13-33(14-16-34)12-5-11-29-26-31-22-9-2-1-7-20(22)25(32-26)30-18-19-6-4-17-35-19/h1-4,6-10,17H,5,11-16,18H2,(H2,29,30,31,32). The molecule has 9 heteroatoms. The molecule has 4 aromatic rings. The van der Waals surface area contributed by atoms with E-state index >= 15 is 0 Å². The number of aromatic nitrogens is 2. The van der Waals surface area contributed by atoms with Crippen LogP contribution in [0.4, 0.5) is 17.5 Å². The van der Waals surface area contributed by atoms with Gasteiger partial charge in [-0.25, -0.2) is 4.98 Å². The van der Waals surface area contributed by atoms with E-state index in [2.05, 4.69) is 20.4 Å². The lowest BCUT2D eigenvalue weighted by Crippen LogP contribution is -2.47. The molecule has 7 nitrogen and oxygen atoms in total. The topological polar surface area (TPSA) is 69.5 Å². The van der Waals surface area contributed by atoms with Gasteiger partial charge in [0.05, 0.1) is 34.1 Å². The number of piperazine rings is 1. The molecule has 35 heavy (non-hydrogen) atoms. The van der Waals surface area contributed by atoms with Gasteiger partial charge in [-0.3, -0.25) is 4.90 Å². The predicted octanol–water partition coefficient (Wildman–Crippen LogP) is 5.77. The van der Waals surface area contributed by atoms with E-state index in [9.17, 15) is 0 Å². The summed E-state index contributed by atoms with van der Waals surface area (Å²) in [7, 11) is 0. The molecule has 0 saturated carbocycles. The number of para-hydroxylation sites is 1. The highest BCUT2D eigenvalue weighted by Crippen LogP contribution is 2.32. The largest absolute Gasteiger partial charge is 0.467 e. The van der Waals surface area contributed by atoms with Crippen molar-refractivity contribution >= 4 is 51.6 Å². The maximum absolute atomic E-state index is 6.40. The average Bonchev–Trinajstić information content (AvgIpc) is 3.41. The second-order valence-electron chi connectivity index (χ2n) is 8.53. The molecule has 0 atom stereocenters. The number of hydrogen-bond acceptors (Lipinski definition) is 7. The molecule has 2 N–H and O–H groups in total. The summed E-state index contributed by atoms with van der Waals surface area (Å²) < 4.78 is 5.44. The van der Waals surface area contributed by atoms with Crippen LogP contribution in [0, 0.1) is 0 Å². The van der Waals surface area contributed by atoms with E-state index in [4.69, 9.17) is 37.6 Å². The van der Waals surface area contributed by atoms with Gasteiger partial charge in [0.2, 0.25) is 5.95 Å². The van der Waals surface area contributed by atoms with E-state index in [-0.39, 0.29) is 0 Å². The van der Waals surface area contributed by atoms with Crippen molar-refractivity contribution in [2.24, 2.45) is 0 Å². The highest BCUT2D eigenvalue weighted by atomic mass is 35.5. The molecule has 1 aliphatic rings. The third-order valence-corrected chi connectivity index (χ3v) is 7.00. The molecule has 5 rings (SSSR count). The zero-order valence-electron chi connectivity index (χ0n) is 19.4. The number of anilines is 3. The first-order valence-corrected chi connectivity index (χ1v) is 12.6. The lowest BCUT2D eigenvalue weighted by molar-refractivity contribution is 0.257. The highest BCUT2D eigenvalue weighted by molar-refractivity contribution is 6.43. The van der Waals surface area contributed by atoms with Crippen LogP contribution in [0.25, 0.3) is 10.9 Å². The molecular formula is C26H28Cl2N6O. The van der Waals surface area contributed by atoms with Gasteiger partial charge in [-0.2, -0.15) is 4.98 Å². The van der Waals surface area contributed by atoms with Crippen LogP contribution in [-0.4, -0.2) is 54.1 Å². The van der Waals surface area contributed by atoms with Crippen LogP contribution in [0.3, 0.4) is 0 Å². The minimum Gasteiger partial charge on any atom is -0.467 e. The summed E-state index contributed by atoms with van der Waals surface area (Å²) in [6.45, 7) is 6.25. The average molecular weight is 511 g/mol. The summed E-state index contributed by atoms with van der Waals surface area (Å²) in [6.07, 6.45) is 2.68. The van der Waals surface area contributed by atoms with Crippen LogP contribution < -0.4 is 15.5 Å². The quantitative estimate of drug-likeness (QED) is 0.277. The Hall–Kier alpha value is -3.00. The van der Waals surface area contributed by atoms with Gasteiger partial charge in [0.15, 0.2) is 0 Å². The summed E-state index contributed by atoms with van der Waals surface area (Å²) in [5.41, 5.74) is 1.92. The fraction of sp³-hybridized carbons (Fsp3) is 0.308. The molecule has 2 aromatic heterocycles. The zero-order chi connectivity index (χ0) is 24.0. The number of halogens is 2. The Labute approximate surface area is 215 Å². The molecule has 0 radical (unpaired) electrons. The fourth-order valence-corrected chi connectivity index (χ4v) is 4.74. The van der Waals surface area contributed by atoms with Crippen molar-refractivity contribution in [3.8, 4) is 0 Å². The Balaban J connectivity index is 1.12. The molecule has 1 saturated heterocycles. The molecule has 0 amide bonds. The number of rotatable bonds is 9. The summed E-state index contributed by atoms with van der Waals surface area (Å²) in [5, 5.41) is 9.02. The molecule has 3 heterocycles. The Kier molecular flexibility index (Phi) is 7.57. The van der Waals surface area contributed by atoms with Gasteiger partial charge >= 0.3 is 0 Å². The predicted molar refractivity (Wildman–Crippen MR) is 144 cm³/mol. The van der Waals surface area contributed by atoms with E-state index in [0.29, 0.717) is 22.5 Å². The maximum atomic E-state index is 6.40. The van der Waals surface area contributed by atoms with Gasteiger partial charge < -0.3 is 20.0 Å². The smallest absolute Gasteiger partial charge is 0.225 e. The first-order chi connectivity index (χ1) is 17.2. The van der Waals surface area contributed by atoms with Crippen LogP contribution in [0.5, 0.6) is 0 Å². The number of hydrogen-bond donors (Lipinski definition) is 2. The van der Waals surface area contributed by atoms with Crippen LogP contribution >= 0.6 is 23.2 Å². The number of furan rings is 1. The fourth-order valence-electron chi connectivity index (χ4n) is 4.33. The van der Waals surface area contributed by atoms with Crippen LogP contribution in [0.2, 0.25) is 10.0 Å². The first kappa shape index (κ1) is 23.7. The minimum absolute atomic E-state index is 0.569. The van der Waals surface area contributed by atoms with Gasteiger partial charge in [-0.15, -0.1) is 0 Å².